The quantitative estimate of drug-likeness (QED) is 0.594. The molecule has 2 heterocycles. The molecular weight excluding hydrogens is 298 g/mol. The first-order valence-corrected chi connectivity index (χ1v) is 7.98. The van der Waals surface area contributed by atoms with Gasteiger partial charge in [-0.15, -0.1) is 0 Å². The molecule has 2 aromatic heterocycles. The Hall–Kier alpha value is -3.14. The first-order valence-electron chi connectivity index (χ1n) is 7.98. The third-order valence-corrected chi connectivity index (χ3v) is 3.86. The maximum atomic E-state index is 5.56. The highest BCUT2D eigenvalue weighted by molar-refractivity contribution is 5.81. The Bertz CT molecular complexity index is 977. The number of fused-ring (bicyclic) bond motifs is 1. The average molecular weight is 315 g/mol. The summed E-state index contributed by atoms with van der Waals surface area (Å²) in [5.74, 6) is 1.64. The molecule has 4 rings (SSSR count). The summed E-state index contributed by atoms with van der Waals surface area (Å²) in [5, 5.41) is 0. The van der Waals surface area contributed by atoms with Gasteiger partial charge in [0.05, 0.1) is 6.61 Å². The lowest BCUT2D eigenvalue weighted by Gasteiger charge is -2.03. The maximum absolute atomic E-state index is 5.56. The Labute approximate surface area is 140 Å². The van der Waals surface area contributed by atoms with Gasteiger partial charge in [-0.1, -0.05) is 42.5 Å². The molecule has 4 nitrogen and oxygen atoms in total. The number of aromatic nitrogens is 3. The van der Waals surface area contributed by atoms with Crippen LogP contribution in [0.1, 0.15) is 6.92 Å². The SMILES string of the molecule is CCOc1cccc(-c2nc3cc(-c4ccccc4)cnc3[nH]2)c1. The first kappa shape index (κ1) is 14.5. The van der Waals surface area contributed by atoms with E-state index in [0.717, 1.165) is 39.4 Å². The number of ether oxygens (including phenoxy) is 1. The Kier molecular flexibility index (Phi) is 3.71. The van der Waals surface area contributed by atoms with Crippen molar-refractivity contribution in [3.8, 4) is 28.3 Å². The molecule has 0 unspecified atom stereocenters. The van der Waals surface area contributed by atoms with Gasteiger partial charge in [0.25, 0.3) is 0 Å². The van der Waals surface area contributed by atoms with E-state index in [4.69, 9.17) is 9.72 Å². The van der Waals surface area contributed by atoms with Gasteiger partial charge in [0.2, 0.25) is 0 Å². The van der Waals surface area contributed by atoms with Crippen LogP contribution in [0.15, 0.2) is 66.9 Å². The summed E-state index contributed by atoms with van der Waals surface area (Å²) in [6, 6.07) is 20.2. The van der Waals surface area contributed by atoms with Gasteiger partial charge in [0.1, 0.15) is 17.1 Å². The van der Waals surface area contributed by atoms with E-state index in [1.807, 2.05) is 55.6 Å². The van der Waals surface area contributed by atoms with Crippen molar-refractivity contribution in [2.24, 2.45) is 0 Å². The van der Waals surface area contributed by atoms with Gasteiger partial charge in [-0.25, -0.2) is 9.97 Å². The fourth-order valence-electron chi connectivity index (χ4n) is 2.72. The number of benzene rings is 2. The van der Waals surface area contributed by atoms with Crippen molar-refractivity contribution in [1.29, 1.82) is 0 Å². The zero-order chi connectivity index (χ0) is 16.4. The van der Waals surface area contributed by atoms with Crippen LogP contribution in [0, 0.1) is 0 Å². The number of hydrogen-bond acceptors (Lipinski definition) is 3. The van der Waals surface area contributed by atoms with Gasteiger partial charge in [0.15, 0.2) is 5.65 Å². The molecule has 4 aromatic rings. The highest BCUT2D eigenvalue weighted by Gasteiger charge is 2.08. The second-order valence-electron chi connectivity index (χ2n) is 5.50. The monoisotopic (exact) mass is 315 g/mol. The van der Waals surface area contributed by atoms with Crippen LogP contribution in [0.3, 0.4) is 0 Å². The summed E-state index contributed by atoms with van der Waals surface area (Å²) in [5.41, 5.74) is 4.82. The molecule has 0 spiro atoms. The van der Waals surface area contributed by atoms with Crippen LogP contribution < -0.4 is 4.74 Å². The molecule has 4 heteroatoms. The van der Waals surface area contributed by atoms with Gasteiger partial charge in [0, 0.05) is 17.3 Å². The molecule has 0 fully saturated rings. The summed E-state index contributed by atoms with van der Waals surface area (Å²) in [4.78, 5) is 12.5. The molecule has 0 aliphatic carbocycles. The van der Waals surface area contributed by atoms with Crippen molar-refractivity contribution in [3.63, 3.8) is 0 Å². The average Bonchev–Trinajstić information content (AvgIpc) is 3.06. The van der Waals surface area contributed by atoms with Crippen LogP contribution in [0.5, 0.6) is 5.75 Å². The molecule has 0 saturated heterocycles. The molecule has 0 amide bonds. The number of H-pyrrole nitrogens is 1. The summed E-state index contributed by atoms with van der Waals surface area (Å²) in [6.07, 6.45) is 1.87. The van der Waals surface area contributed by atoms with Gasteiger partial charge >= 0.3 is 0 Å². The van der Waals surface area contributed by atoms with Crippen molar-refractivity contribution in [1.82, 2.24) is 15.0 Å². The minimum Gasteiger partial charge on any atom is -0.494 e. The predicted molar refractivity (Wildman–Crippen MR) is 95.9 cm³/mol. The maximum Gasteiger partial charge on any atom is 0.157 e. The lowest BCUT2D eigenvalue weighted by atomic mass is 10.1. The summed E-state index contributed by atoms with van der Waals surface area (Å²) >= 11 is 0. The van der Waals surface area contributed by atoms with Crippen LogP contribution >= 0.6 is 0 Å². The number of nitrogens with one attached hydrogen (secondary N) is 1. The molecular formula is C20H17N3O. The number of nitrogens with zero attached hydrogens (tertiary/aromatic N) is 2. The topological polar surface area (TPSA) is 50.8 Å². The van der Waals surface area contributed by atoms with Gasteiger partial charge in [-0.3, -0.25) is 0 Å². The van der Waals surface area contributed by atoms with Crippen LogP contribution in [0.25, 0.3) is 33.7 Å². The summed E-state index contributed by atoms with van der Waals surface area (Å²) in [6.45, 7) is 2.62. The molecule has 118 valence electrons. The summed E-state index contributed by atoms with van der Waals surface area (Å²) < 4.78 is 5.56. The molecule has 0 bridgehead atoms. The number of aromatic amines is 1. The van der Waals surface area contributed by atoms with Gasteiger partial charge in [-0.05, 0) is 30.7 Å². The minimum absolute atomic E-state index is 0.644. The van der Waals surface area contributed by atoms with E-state index >= 15 is 0 Å². The highest BCUT2D eigenvalue weighted by Crippen LogP contribution is 2.26. The lowest BCUT2D eigenvalue weighted by molar-refractivity contribution is 0.340. The molecule has 0 aliphatic heterocycles. The number of imidazole rings is 1. The van der Waals surface area contributed by atoms with E-state index in [1.165, 1.54) is 0 Å². The predicted octanol–water partition coefficient (Wildman–Crippen LogP) is 4.69. The highest BCUT2D eigenvalue weighted by atomic mass is 16.5. The Morgan fingerprint density at radius 1 is 0.917 bits per heavy atom. The van der Waals surface area contributed by atoms with Crippen LogP contribution in [-0.2, 0) is 0 Å². The van der Waals surface area contributed by atoms with Crippen molar-refractivity contribution < 1.29 is 4.74 Å². The van der Waals surface area contributed by atoms with E-state index in [-0.39, 0.29) is 0 Å². The molecule has 0 saturated carbocycles. The normalized spacial score (nSPS) is 10.9. The van der Waals surface area contributed by atoms with Crippen molar-refractivity contribution in [2.45, 2.75) is 6.92 Å². The first-order chi connectivity index (χ1) is 11.8. The van der Waals surface area contributed by atoms with Gasteiger partial charge in [-0.2, -0.15) is 0 Å². The molecule has 1 N–H and O–H groups in total. The Morgan fingerprint density at radius 2 is 1.75 bits per heavy atom. The second kappa shape index (κ2) is 6.16. The third kappa shape index (κ3) is 2.74. The van der Waals surface area contributed by atoms with Crippen LogP contribution in [0.4, 0.5) is 0 Å². The van der Waals surface area contributed by atoms with E-state index in [1.54, 1.807) is 0 Å². The third-order valence-electron chi connectivity index (χ3n) is 3.86. The smallest absolute Gasteiger partial charge is 0.157 e. The van der Waals surface area contributed by atoms with E-state index in [0.29, 0.717) is 6.61 Å². The van der Waals surface area contributed by atoms with Crippen molar-refractivity contribution >= 4 is 11.2 Å². The number of rotatable bonds is 4. The fraction of sp³-hybridized carbons (Fsp3) is 0.100. The number of hydrogen-bond donors (Lipinski definition) is 1. The Morgan fingerprint density at radius 3 is 2.58 bits per heavy atom. The zero-order valence-corrected chi connectivity index (χ0v) is 13.4. The van der Waals surface area contributed by atoms with Crippen molar-refractivity contribution in [3.05, 3.63) is 66.9 Å². The molecule has 2 aromatic carbocycles. The molecule has 0 aliphatic rings. The minimum atomic E-state index is 0.644. The van der Waals surface area contributed by atoms with Crippen LogP contribution in [0.2, 0.25) is 0 Å². The van der Waals surface area contributed by atoms with Crippen LogP contribution in [-0.4, -0.2) is 21.6 Å². The van der Waals surface area contributed by atoms with Crippen molar-refractivity contribution in [2.75, 3.05) is 6.61 Å². The van der Waals surface area contributed by atoms with E-state index in [9.17, 15) is 0 Å². The number of pyridine rings is 1. The Balaban J connectivity index is 1.75. The molecule has 0 radical (unpaired) electrons. The fourth-order valence-corrected chi connectivity index (χ4v) is 2.72. The largest absolute Gasteiger partial charge is 0.494 e. The lowest BCUT2D eigenvalue weighted by Crippen LogP contribution is -1.91. The zero-order valence-electron chi connectivity index (χ0n) is 13.4. The standard InChI is InChI=1S/C20H17N3O/c1-2-24-17-10-6-9-15(11-17)19-22-18-12-16(13-21-20(18)23-19)14-7-4-3-5-8-14/h3-13H,2H2,1H3,(H,21,22,23). The van der Waals surface area contributed by atoms with E-state index < -0.39 is 0 Å². The molecule has 0 atom stereocenters. The molecule has 24 heavy (non-hydrogen) atoms. The van der Waals surface area contributed by atoms with E-state index in [2.05, 4.69) is 28.2 Å². The second-order valence-corrected chi connectivity index (χ2v) is 5.50. The van der Waals surface area contributed by atoms with Gasteiger partial charge < -0.3 is 9.72 Å². The summed E-state index contributed by atoms with van der Waals surface area (Å²) in [7, 11) is 0.